The average Bonchev–Trinajstić information content (AvgIpc) is 2.46. The van der Waals surface area contributed by atoms with E-state index in [2.05, 4.69) is 11.5 Å². The lowest BCUT2D eigenvalue weighted by Crippen LogP contribution is -2.38. The van der Waals surface area contributed by atoms with Gasteiger partial charge in [-0.15, -0.1) is 6.58 Å². The first-order valence-electron chi connectivity index (χ1n) is 6.34. The SMILES string of the molecule is C=CC1CCCCN1c1ccc(C(=O)OC)cc1. The molecule has 1 aliphatic heterocycles. The maximum absolute atomic E-state index is 11.4. The summed E-state index contributed by atoms with van der Waals surface area (Å²) in [6, 6.07) is 8.00. The summed E-state index contributed by atoms with van der Waals surface area (Å²) in [5.74, 6) is -0.291. The molecule has 0 N–H and O–H groups in total. The van der Waals surface area contributed by atoms with Crippen molar-refractivity contribution < 1.29 is 9.53 Å². The van der Waals surface area contributed by atoms with Crippen molar-refractivity contribution in [1.82, 2.24) is 0 Å². The molecule has 1 aromatic carbocycles. The van der Waals surface area contributed by atoms with Crippen molar-refractivity contribution in [3.8, 4) is 0 Å². The van der Waals surface area contributed by atoms with Gasteiger partial charge in [0.15, 0.2) is 0 Å². The number of nitrogens with zero attached hydrogens (tertiary/aromatic N) is 1. The van der Waals surface area contributed by atoms with Gasteiger partial charge in [-0.05, 0) is 43.5 Å². The number of rotatable bonds is 3. The highest BCUT2D eigenvalue weighted by atomic mass is 16.5. The van der Waals surface area contributed by atoms with E-state index in [-0.39, 0.29) is 5.97 Å². The molecule has 0 aromatic heterocycles. The second-order valence-corrected chi connectivity index (χ2v) is 4.53. The molecule has 3 heteroatoms. The topological polar surface area (TPSA) is 29.5 Å². The minimum absolute atomic E-state index is 0.291. The highest BCUT2D eigenvalue weighted by Crippen LogP contribution is 2.25. The minimum Gasteiger partial charge on any atom is -0.465 e. The van der Waals surface area contributed by atoms with E-state index in [9.17, 15) is 4.79 Å². The van der Waals surface area contributed by atoms with Crippen molar-refractivity contribution >= 4 is 11.7 Å². The molecule has 0 spiro atoms. The molecule has 1 saturated heterocycles. The smallest absolute Gasteiger partial charge is 0.337 e. The maximum atomic E-state index is 11.4. The van der Waals surface area contributed by atoms with E-state index in [1.807, 2.05) is 30.3 Å². The second-order valence-electron chi connectivity index (χ2n) is 4.53. The normalized spacial score (nSPS) is 19.4. The Morgan fingerprint density at radius 1 is 1.39 bits per heavy atom. The van der Waals surface area contributed by atoms with Crippen molar-refractivity contribution in [2.75, 3.05) is 18.6 Å². The van der Waals surface area contributed by atoms with Gasteiger partial charge in [-0.3, -0.25) is 0 Å². The molecule has 1 heterocycles. The molecule has 0 bridgehead atoms. The molecular formula is C15H19NO2. The lowest BCUT2D eigenvalue weighted by Gasteiger charge is -2.35. The number of methoxy groups -OCH3 is 1. The van der Waals surface area contributed by atoms with Gasteiger partial charge in [-0.25, -0.2) is 4.79 Å². The number of benzene rings is 1. The van der Waals surface area contributed by atoms with E-state index >= 15 is 0 Å². The molecule has 2 rings (SSSR count). The van der Waals surface area contributed by atoms with Crippen LogP contribution in [0.15, 0.2) is 36.9 Å². The van der Waals surface area contributed by atoms with Crippen LogP contribution in [0.25, 0.3) is 0 Å². The number of piperidine rings is 1. The van der Waals surface area contributed by atoms with E-state index < -0.39 is 0 Å². The van der Waals surface area contributed by atoms with Crippen LogP contribution in [0, 0.1) is 0 Å². The Bertz CT molecular complexity index is 425. The first-order valence-corrected chi connectivity index (χ1v) is 6.34. The number of esters is 1. The number of ether oxygens (including phenoxy) is 1. The summed E-state index contributed by atoms with van der Waals surface area (Å²) >= 11 is 0. The van der Waals surface area contributed by atoms with Gasteiger partial charge in [0.25, 0.3) is 0 Å². The molecule has 0 aliphatic carbocycles. The van der Waals surface area contributed by atoms with Gasteiger partial charge in [0, 0.05) is 18.3 Å². The van der Waals surface area contributed by atoms with E-state index in [0.29, 0.717) is 11.6 Å². The van der Waals surface area contributed by atoms with Crippen LogP contribution in [0.4, 0.5) is 5.69 Å². The van der Waals surface area contributed by atoms with Crippen molar-refractivity contribution in [3.05, 3.63) is 42.5 Å². The third-order valence-electron chi connectivity index (χ3n) is 3.44. The Kier molecular flexibility index (Phi) is 4.03. The molecular weight excluding hydrogens is 226 g/mol. The molecule has 0 amide bonds. The van der Waals surface area contributed by atoms with Crippen LogP contribution in [-0.2, 0) is 4.74 Å². The van der Waals surface area contributed by atoms with Gasteiger partial charge >= 0.3 is 5.97 Å². The Balaban J connectivity index is 2.17. The molecule has 0 saturated carbocycles. The fourth-order valence-corrected chi connectivity index (χ4v) is 2.43. The Morgan fingerprint density at radius 2 is 2.11 bits per heavy atom. The van der Waals surface area contributed by atoms with Crippen LogP contribution in [0.2, 0.25) is 0 Å². The van der Waals surface area contributed by atoms with Gasteiger partial charge in [-0.2, -0.15) is 0 Å². The van der Waals surface area contributed by atoms with E-state index in [4.69, 9.17) is 4.74 Å². The number of hydrogen-bond acceptors (Lipinski definition) is 3. The monoisotopic (exact) mass is 245 g/mol. The van der Waals surface area contributed by atoms with Crippen LogP contribution in [0.5, 0.6) is 0 Å². The van der Waals surface area contributed by atoms with E-state index in [1.165, 1.54) is 20.0 Å². The standard InChI is InChI=1S/C15H19NO2/c1-3-13-6-4-5-11-16(13)14-9-7-12(8-10-14)15(17)18-2/h3,7-10,13H,1,4-6,11H2,2H3. The third-order valence-corrected chi connectivity index (χ3v) is 3.44. The lowest BCUT2D eigenvalue weighted by molar-refractivity contribution is 0.0601. The first kappa shape index (κ1) is 12.7. The van der Waals surface area contributed by atoms with Crippen molar-refractivity contribution in [2.24, 2.45) is 0 Å². The molecule has 1 aliphatic rings. The summed E-state index contributed by atoms with van der Waals surface area (Å²) in [6.07, 6.45) is 5.63. The average molecular weight is 245 g/mol. The van der Waals surface area contributed by atoms with Gasteiger partial charge in [0.05, 0.1) is 12.7 Å². The van der Waals surface area contributed by atoms with Crippen LogP contribution in [0.1, 0.15) is 29.6 Å². The predicted octanol–water partition coefficient (Wildman–Crippen LogP) is 3.02. The number of carbonyl (C=O) groups is 1. The molecule has 1 fully saturated rings. The molecule has 1 unspecified atom stereocenters. The Morgan fingerprint density at radius 3 is 2.72 bits per heavy atom. The van der Waals surface area contributed by atoms with E-state index in [0.717, 1.165) is 18.7 Å². The van der Waals surface area contributed by atoms with Crippen LogP contribution < -0.4 is 4.90 Å². The number of hydrogen-bond donors (Lipinski definition) is 0. The van der Waals surface area contributed by atoms with Gasteiger partial charge in [0.2, 0.25) is 0 Å². The number of carbonyl (C=O) groups excluding carboxylic acids is 1. The lowest BCUT2D eigenvalue weighted by atomic mass is 10.0. The van der Waals surface area contributed by atoms with Crippen molar-refractivity contribution in [2.45, 2.75) is 25.3 Å². The quantitative estimate of drug-likeness (QED) is 0.605. The molecule has 1 atom stereocenters. The van der Waals surface area contributed by atoms with Gasteiger partial charge in [0.1, 0.15) is 0 Å². The molecule has 18 heavy (non-hydrogen) atoms. The maximum Gasteiger partial charge on any atom is 0.337 e. The largest absolute Gasteiger partial charge is 0.465 e. The summed E-state index contributed by atoms with van der Waals surface area (Å²) in [4.78, 5) is 13.7. The Hall–Kier alpha value is -1.77. The van der Waals surface area contributed by atoms with Crippen molar-refractivity contribution in [3.63, 3.8) is 0 Å². The zero-order valence-corrected chi connectivity index (χ0v) is 10.8. The van der Waals surface area contributed by atoms with Gasteiger partial charge in [-0.1, -0.05) is 6.08 Å². The summed E-state index contributed by atoms with van der Waals surface area (Å²) in [5, 5.41) is 0. The number of anilines is 1. The zero-order valence-electron chi connectivity index (χ0n) is 10.8. The molecule has 0 radical (unpaired) electrons. The first-order chi connectivity index (χ1) is 8.76. The summed E-state index contributed by atoms with van der Waals surface area (Å²) in [6.45, 7) is 4.95. The van der Waals surface area contributed by atoms with Crippen LogP contribution in [0.3, 0.4) is 0 Å². The molecule has 96 valence electrons. The van der Waals surface area contributed by atoms with Gasteiger partial charge < -0.3 is 9.64 Å². The van der Waals surface area contributed by atoms with Crippen LogP contribution in [-0.4, -0.2) is 25.7 Å². The summed E-state index contributed by atoms with van der Waals surface area (Å²) in [5.41, 5.74) is 1.74. The molecule has 3 nitrogen and oxygen atoms in total. The third kappa shape index (κ3) is 2.55. The highest BCUT2D eigenvalue weighted by Gasteiger charge is 2.20. The zero-order chi connectivity index (χ0) is 13.0. The highest BCUT2D eigenvalue weighted by molar-refractivity contribution is 5.89. The Labute approximate surface area is 108 Å². The summed E-state index contributed by atoms with van der Waals surface area (Å²) < 4.78 is 4.70. The fraction of sp³-hybridized carbons (Fsp3) is 0.400. The summed E-state index contributed by atoms with van der Waals surface area (Å²) in [7, 11) is 1.40. The minimum atomic E-state index is -0.291. The van der Waals surface area contributed by atoms with Crippen molar-refractivity contribution in [1.29, 1.82) is 0 Å². The second kappa shape index (κ2) is 5.71. The van der Waals surface area contributed by atoms with Crippen LogP contribution >= 0.6 is 0 Å². The molecule has 1 aromatic rings. The van der Waals surface area contributed by atoms with E-state index in [1.54, 1.807) is 0 Å². The predicted molar refractivity (Wildman–Crippen MR) is 73.0 cm³/mol. The fourth-order valence-electron chi connectivity index (χ4n) is 2.43.